The fraction of sp³-hybridized carbons (Fsp3) is 0.103. The molecule has 0 aliphatic carbocycles. The van der Waals surface area contributed by atoms with E-state index in [9.17, 15) is 0 Å². The summed E-state index contributed by atoms with van der Waals surface area (Å²) < 4.78 is 7.87. The lowest BCUT2D eigenvalue weighted by Crippen LogP contribution is -2.13. The SMILES string of the molecule is c1ccc(-c2nn(-c3ccccc3)cc2CNCc2cccc(OCc3ccccn3)c2)cc1. The largest absolute Gasteiger partial charge is 0.487 e. The summed E-state index contributed by atoms with van der Waals surface area (Å²) in [6.45, 7) is 1.89. The lowest BCUT2D eigenvalue weighted by Gasteiger charge is -2.09. The molecule has 0 aliphatic rings. The minimum Gasteiger partial charge on any atom is -0.487 e. The summed E-state index contributed by atoms with van der Waals surface area (Å²) in [4.78, 5) is 4.31. The van der Waals surface area contributed by atoms with Gasteiger partial charge in [0, 0.05) is 36.6 Å². The van der Waals surface area contributed by atoms with Crippen LogP contribution in [-0.4, -0.2) is 14.8 Å². The number of hydrogen-bond acceptors (Lipinski definition) is 4. The van der Waals surface area contributed by atoms with Crippen LogP contribution >= 0.6 is 0 Å². The number of para-hydroxylation sites is 1. The topological polar surface area (TPSA) is 52.0 Å². The molecule has 0 saturated heterocycles. The molecule has 5 aromatic rings. The van der Waals surface area contributed by atoms with Gasteiger partial charge in [-0.15, -0.1) is 0 Å². The smallest absolute Gasteiger partial charge is 0.130 e. The summed E-state index contributed by atoms with van der Waals surface area (Å²) in [5.41, 5.74) is 6.37. The fourth-order valence-electron chi connectivity index (χ4n) is 3.82. The zero-order valence-electron chi connectivity index (χ0n) is 18.8. The molecule has 5 nitrogen and oxygen atoms in total. The normalized spacial score (nSPS) is 10.8. The van der Waals surface area contributed by atoms with E-state index in [1.165, 1.54) is 0 Å². The van der Waals surface area contributed by atoms with Gasteiger partial charge in [0.1, 0.15) is 12.4 Å². The molecule has 3 aromatic carbocycles. The highest BCUT2D eigenvalue weighted by Gasteiger charge is 2.12. The molecule has 168 valence electrons. The maximum atomic E-state index is 5.92. The molecule has 0 atom stereocenters. The van der Waals surface area contributed by atoms with E-state index in [-0.39, 0.29) is 0 Å². The van der Waals surface area contributed by atoms with E-state index in [4.69, 9.17) is 9.84 Å². The molecule has 1 N–H and O–H groups in total. The fourth-order valence-corrected chi connectivity index (χ4v) is 3.82. The van der Waals surface area contributed by atoms with E-state index in [1.807, 2.05) is 71.4 Å². The van der Waals surface area contributed by atoms with Gasteiger partial charge in [-0.05, 0) is 42.0 Å². The van der Waals surface area contributed by atoms with Crippen LogP contribution in [0.15, 0.2) is 116 Å². The van der Waals surface area contributed by atoms with Crippen LogP contribution in [-0.2, 0) is 19.7 Å². The van der Waals surface area contributed by atoms with Crippen LogP contribution in [0, 0.1) is 0 Å². The van der Waals surface area contributed by atoms with Crippen molar-refractivity contribution in [1.82, 2.24) is 20.1 Å². The monoisotopic (exact) mass is 446 g/mol. The van der Waals surface area contributed by atoms with Gasteiger partial charge in [-0.2, -0.15) is 5.10 Å². The van der Waals surface area contributed by atoms with Gasteiger partial charge in [-0.1, -0.05) is 66.7 Å². The van der Waals surface area contributed by atoms with Crippen molar-refractivity contribution in [3.8, 4) is 22.7 Å². The highest BCUT2D eigenvalue weighted by molar-refractivity contribution is 5.63. The molecule has 0 aliphatic heterocycles. The van der Waals surface area contributed by atoms with Crippen LogP contribution in [0.1, 0.15) is 16.8 Å². The molecule has 0 bridgehead atoms. The standard InChI is InChI=1S/C29H26N4O/c1-3-11-24(12-4-1)29-25(21-33(32-29)27-14-5-2-6-15-27)20-30-19-23-10-9-16-28(18-23)34-22-26-13-7-8-17-31-26/h1-18,21,30H,19-20,22H2. The number of pyridine rings is 1. The Morgan fingerprint density at radius 2 is 1.56 bits per heavy atom. The summed E-state index contributed by atoms with van der Waals surface area (Å²) >= 11 is 0. The summed E-state index contributed by atoms with van der Waals surface area (Å²) in [7, 11) is 0. The predicted molar refractivity (Wildman–Crippen MR) is 135 cm³/mol. The summed E-state index contributed by atoms with van der Waals surface area (Å²) in [5, 5.41) is 8.47. The molecule has 34 heavy (non-hydrogen) atoms. The van der Waals surface area contributed by atoms with Gasteiger partial charge in [-0.25, -0.2) is 4.68 Å². The van der Waals surface area contributed by atoms with E-state index in [0.717, 1.165) is 46.1 Å². The Bertz CT molecular complexity index is 1320. The lowest BCUT2D eigenvalue weighted by atomic mass is 10.1. The number of aromatic nitrogens is 3. The number of nitrogens with zero attached hydrogens (tertiary/aromatic N) is 3. The van der Waals surface area contributed by atoms with Gasteiger partial charge in [0.2, 0.25) is 0 Å². The number of nitrogens with one attached hydrogen (secondary N) is 1. The second-order valence-corrected chi connectivity index (χ2v) is 8.01. The van der Waals surface area contributed by atoms with Gasteiger partial charge in [0.05, 0.1) is 17.1 Å². The average molecular weight is 447 g/mol. The van der Waals surface area contributed by atoms with Crippen molar-refractivity contribution in [3.63, 3.8) is 0 Å². The van der Waals surface area contributed by atoms with Crippen molar-refractivity contribution in [2.24, 2.45) is 0 Å². The van der Waals surface area contributed by atoms with Crippen molar-refractivity contribution >= 4 is 0 Å². The molecular weight excluding hydrogens is 420 g/mol. The van der Waals surface area contributed by atoms with Crippen molar-refractivity contribution in [1.29, 1.82) is 0 Å². The van der Waals surface area contributed by atoms with Crippen molar-refractivity contribution < 1.29 is 4.74 Å². The first-order chi connectivity index (χ1) is 16.8. The third kappa shape index (κ3) is 5.39. The summed E-state index contributed by atoms with van der Waals surface area (Å²) in [5.74, 6) is 0.840. The molecule has 0 unspecified atom stereocenters. The summed E-state index contributed by atoms with van der Waals surface area (Å²) in [6.07, 6.45) is 3.89. The zero-order chi connectivity index (χ0) is 23.0. The molecule has 5 heteroatoms. The molecular formula is C29H26N4O. The molecule has 2 aromatic heterocycles. The van der Waals surface area contributed by atoms with Crippen LogP contribution in [0.3, 0.4) is 0 Å². The first-order valence-electron chi connectivity index (χ1n) is 11.4. The number of hydrogen-bond donors (Lipinski definition) is 1. The van der Waals surface area contributed by atoms with Crippen molar-refractivity contribution in [2.45, 2.75) is 19.7 Å². The first-order valence-corrected chi connectivity index (χ1v) is 11.4. The molecule has 0 saturated carbocycles. The first kappa shape index (κ1) is 21.6. The Labute approximate surface area is 199 Å². The van der Waals surface area contributed by atoms with Gasteiger partial charge in [0.15, 0.2) is 0 Å². The van der Waals surface area contributed by atoms with Gasteiger partial charge in [-0.3, -0.25) is 4.98 Å². The molecule has 0 fully saturated rings. The van der Waals surface area contributed by atoms with Gasteiger partial charge in [0.25, 0.3) is 0 Å². The van der Waals surface area contributed by atoms with Crippen LogP contribution in [0.5, 0.6) is 5.75 Å². The zero-order valence-corrected chi connectivity index (χ0v) is 18.8. The molecule has 0 spiro atoms. The van der Waals surface area contributed by atoms with Crippen LogP contribution in [0.4, 0.5) is 0 Å². The third-order valence-corrected chi connectivity index (χ3v) is 5.51. The van der Waals surface area contributed by atoms with Crippen molar-refractivity contribution in [3.05, 3.63) is 132 Å². The highest BCUT2D eigenvalue weighted by Crippen LogP contribution is 2.24. The second kappa shape index (κ2) is 10.6. The van der Waals surface area contributed by atoms with Gasteiger partial charge < -0.3 is 10.1 Å². The van der Waals surface area contributed by atoms with E-state index >= 15 is 0 Å². The predicted octanol–water partition coefficient (Wildman–Crippen LogP) is 5.80. The van der Waals surface area contributed by atoms with E-state index in [1.54, 1.807) is 6.20 Å². The maximum Gasteiger partial charge on any atom is 0.130 e. The molecule has 0 radical (unpaired) electrons. The average Bonchev–Trinajstić information content (AvgIpc) is 3.34. The maximum absolute atomic E-state index is 5.92. The Morgan fingerprint density at radius 1 is 0.765 bits per heavy atom. The molecule has 0 amide bonds. The van der Waals surface area contributed by atoms with E-state index in [0.29, 0.717) is 13.2 Å². The van der Waals surface area contributed by atoms with E-state index in [2.05, 4.69) is 52.9 Å². The minimum absolute atomic E-state index is 0.455. The number of benzene rings is 3. The quantitative estimate of drug-likeness (QED) is 0.311. The van der Waals surface area contributed by atoms with Crippen molar-refractivity contribution in [2.75, 3.05) is 0 Å². The Balaban J connectivity index is 1.27. The van der Waals surface area contributed by atoms with Gasteiger partial charge >= 0.3 is 0 Å². The Morgan fingerprint density at radius 3 is 2.35 bits per heavy atom. The van der Waals surface area contributed by atoms with E-state index < -0.39 is 0 Å². The number of rotatable bonds is 9. The second-order valence-electron chi connectivity index (χ2n) is 8.01. The Hall–Kier alpha value is -4.22. The summed E-state index contributed by atoms with van der Waals surface area (Å²) in [6, 6.07) is 34.5. The Kier molecular flexibility index (Phi) is 6.74. The lowest BCUT2D eigenvalue weighted by molar-refractivity contribution is 0.301. The highest BCUT2D eigenvalue weighted by atomic mass is 16.5. The molecule has 2 heterocycles. The minimum atomic E-state index is 0.455. The van der Waals surface area contributed by atoms with Crippen LogP contribution < -0.4 is 10.1 Å². The van der Waals surface area contributed by atoms with Crippen LogP contribution in [0.25, 0.3) is 16.9 Å². The number of ether oxygens (including phenoxy) is 1. The molecule has 5 rings (SSSR count). The van der Waals surface area contributed by atoms with Crippen LogP contribution in [0.2, 0.25) is 0 Å². The third-order valence-electron chi connectivity index (χ3n) is 5.51.